The van der Waals surface area contributed by atoms with Gasteiger partial charge < -0.3 is 9.84 Å². The molecule has 90 valence electrons. The zero-order valence-electron chi connectivity index (χ0n) is 9.67. The van der Waals surface area contributed by atoms with Crippen LogP contribution < -0.4 is 0 Å². The van der Waals surface area contributed by atoms with Gasteiger partial charge in [-0.15, -0.1) is 0 Å². The van der Waals surface area contributed by atoms with E-state index < -0.39 is 0 Å². The van der Waals surface area contributed by atoms with Gasteiger partial charge in [0.2, 0.25) is 0 Å². The smallest absolute Gasteiger partial charge is 0.0991 e. The quantitative estimate of drug-likeness (QED) is 0.835. The summed E-state index contributed by atoms with van der Waals surface area (Å²) in [5.74, 6) is 0. The van der Waals surface area contributed by atoms with Gasteiger partial charge >= 0.3 is 0 Å². The number of ether oxygens (including phenoxy) is 1. The van der Waals surface area contributed by atoms with Gasteiger partial charge in [0, 0.05) is 19.6 Å². The van der Waals surface area contributed by atoms with Crippen LogP contribution in [0.1, 0.15) is 11.1 Å². The second kappa shape index (κ2) is 5.78. The van der Waals surface area contributed by atoms with Gasteiger partial charge in [-0.2, -0.15) is 5.26 Å². The van der Waals surface area contributed by atoms with E-state index in [4.69, 9.17) is 15.1 Å². The van der Waals surface area contributed by atoms with Gasteiger partial charge in [0.05, 0.1) is 31.0 Å². The fourth-order valence-electron chi connectivity index (χ4n) is 1.98. The Kier molecular flexibility index (Phi) is 4.10. The summed E-state index contributed by atoms with van der Waals surface area (Å²) in [6.07, 6.45) is -0.0675. The Morgan fingerprint density at radius 2 is 2.18 bits per heavy atom. The second-order valence-corrected chi connectivity index (χ2v) is 4.22. The van der Waals surface area contributed by atoms with Crippen molar-refractivity contribution in [3.63, 3.8) is 0 Å². The molecule has 2 rings (SSSR count). The molecule has 1 heterocycles. The van der Waals surface area contributed by atoms with Crippen molar-refractivity contribution in [1.82, 2.24) is 4.90 Å². The first-order chi connectivity index (χ1) is 8.31. The van der Waals surface area contributed by atoms with E-state index in [1.54, 1.807) is 0 Å². The highest BCUT2D eigenvalue weighted by Gasteiger charge is 2.19. The van der Waals surface area contributed by atoms with E-state index in [1.807, 2.05) is 24.3 Å². The molecule has 0 aliphatic carbocycles. The Bertz CT molecular complexity index is 397. The predicted molar refractivity (Wildman–Crippen MR) is 63.3 cm³/mol. The number of morpholine rings is 1. The van der Waals surface area contributed by atoms with Crippen LogP contribution in [0.3, 0.4) is 0 Å². The van der Waals surface area contributed by atoms with Crippen molar-refractivity contribution in [2.24, 2.45) is 0 Å². The normalized spacial score (nSPS) is 21.1. The predicted octanol–water partition coefficient (Wildman–Crippen LogP) is 0.751. The molecule has 0 saturated carbocycles. The Hall–Kier alpha value is -1.41. The first-order valence-electron chi connectivity index (χ1n) is 5.75. The lowest BCUT2D eigenvalue weighted by atomic mass is 10.1. The van der Waals surface area contributed by atoms with E-state index in [-0.39, 0.29) is 12.7 Å². The van der Waals surface area contributed by atoms with Crippen molar-refractivity contribution in [3.8, 4) is 6.07 Å². The molecule has 1 fully saturated rings. The highest BCUT2D eigenvalue weighted by molar-refractivity contribution is 5.31. The summed E-state index contributed by atoms with van der Waals surface area (Å²) in [7, 11) is 0. The van der Waals surface area contributed by atoms with Gasteiger partial charge in [-0.1, -0.05) is 12.1 Å². The number of rotatable bonds is 3. The molecular formula is C13H16N2O2. The largest absolute Gasteiger partial charge is 0.394 e. The highest BCUT2D eigenvalue weighted by atomic mass is 16.5. The molecule has 1 N–H and O–H groups in total. The van der Waals surface area contributed by atoms with Crippen molar-refractivity contribution in [1.29, 1.82) is 5.26 Å². The maximum Gasteiger partial charge on any atom is 0.0991 e. The Balaban J connectivity index is 1.93. The molecular weight excluding hydrogens is 216 g/mol. The Morgan fingerprint density at radius 3 is 2.82 bits per heavy atom. The van der Waals surface area contributed by atoms with E-state index in [0.717, 1.165) is 19.6 Å². The average molecular weight is 232 g/mol. The maximum absolute atomic E-state index is 9.06. The fraction of sp³-hybridized carbons (Fsp3) is 0.462. The lowest BCUT2D eigenvalue weighted by Gasteiger charge is -2.31. The Labute approximate surface area is 101 Å². The highest BCUT2D eigenvalue weighted by Crippen LogP contribution is 2.11. The van der Waals surface area contributed by atoms with Crippen molar-refractivity contribution < 1.29 is 9.84 Å². The molecule has 0 radical (unpaired) electrons. The molecule has 1 aromatic rings. The van der Waals surface area contributed by atoms with Gasteiger partial charge in [-0.05, 0) is 17.7 Å². The van der Waals surface area contributed by atoms with Crippen LogP contribution in [-0.2, 0) is 11.3 Å². The van der Waals surface area contributed by atoms with E-state index >= 15 is 0 Å². The number of aliphatic hydroxyl groups is 1. The fourth-order valence-corrected chi connectivity index (χ4v) is 1.98. The van der Waals surface area contributed by atoms with Crippen LogP contribution in [-0.4, -0.2) is 42.4 Å². The number of nitrogens with zero attached hydrogens (tertiary/aromatic N) is 2. The van der Waals surface area contributed by atoms with Crippen molar-refractivity contribution >= 4 is 0 Å². The molecule has 1 aliphatic rings. The lowest BCUT2D eigenvalue weighted by molar-refractivity contribution is -0.0551. The zero-order chi connectivity index (χ0) is 12.1. The lowest BCUT2D eigenvalue weighted by Crippen LogP contribution is -2.43. The van der Waals surface area contributed by atoms with Crippen LogP contribution in [0.2, 0.25) is 0 Å². The van der Waals surface area contributed by atoms with Crippen LogP contribution in [0.25, 0.3) is 0 Å². The van der Waals surface area contributed by atoms with E-state index in [0.29, 0.717) is 12.2 Å². The Morgan fingerprint density at radius 1 is 1.41 bits per heavy atom. The van der Waals surface area contributed by atoms with Crippen LogP contribution in [0.5, 0.6) is 0 Å². The minimum atomic E-state index is -0.0675. The molecule has 4 nitrogen and oxygen atoms in total. The first-order valence-corrected chi connectivity index (χ1v) is 5.75. The van der Waals surface area contributed by atoms with Crippen molar-refractivity contribution in [2.75, 3.05) is 26.3 Å². The van der Waals surface area contributed by atoms with E-state index in [9.17, 15) is 0 Å². The minimum Gasteiger partial charge on any atom is -0.394 e. The van der Waals surface area contributed by atoms with Gasteiger partial charge in [-0.3, -0.25) is 4.90 Å². The summed E-state index contributed by atoms with van der Waals surface area (Å²) < 4.78 is 5.40. The van der Waals surface area contributed by atoms with Gasteiger partial charge in [0.15, 0.2) is 0 Å². The molecule has 0 bridgehead atoms. The standard InChI is InChI=1S/C13H16N2O2/c14-7-11-1-3-12(4-2-11)8-15-5-6-17-13(9-15)10-16/h1-4,13,16H,5-6,8-10H2. The topological polar surface area (TPSA) is 56.5 Å². The third kappa shape index (κ3) is 3.27. The van der Waals surface area contributed by atoms with Crippen LogP contribution >= 0.6 is 0 Å². The SMILES string of the molecule is N#Cc1ccc(CN2CCOC(CO)C2)cc1. The molecule has 4 heteroatoms. The third-order valence-corrected chi connectivity index (χ3v) is 2.92. The number of benzene rings is 1. The van der Waals surface area contributed by atoms with Crippen LogP contribution in [0.4, 0.5) is 0 Å². The molecule has 1 aliphatic heterocycles. The summed E-state index contributed by atoms with van der Waals surface area (Å²) in [4.78, 5) is 2.26. The summed E-state index contributed by atoms with van der Waals surface area (Å²) in [6, 6.07) is 9.72. The average Bonchev–Trinajstić information content (AvgIpc) is 2.40. The van der Waals surface area contributed by atoms with Crippen molar-refractivity contribution in [3.05, 3.63) is 35.4 Å². The molecule has 1 unspecified atom stereocenters. The summed E-state index contributed by atoms with van der Waals surface area (Å²) in [6.45, 7) is 3.23. The first kappa shape index (κ1) is 12.1. The number of nitriles is 1. The van der Waals surface area contributed by atoms with E-state index in [2.05, 4.69) is 11.0 Å². The summed E-state index contributed by atoms with van der Waals surface area (Å²) in [5.41, 5.74) is 1.87. The van der Waals surface area contributed by atoms with E-state index in [1.165, 1.54) is 5.56 Å². The summed E-state index contributed by atoms with van der Waals surface area (Å²) in [5, 5.41) is 17.8. The molecule has 0 aromatic heterocycles. The number of hydrogen-bond donors (Lipinski definition) is 1. The molecule has 1 aromatic carbocycles. The van der Waals surface area contributed by atoms with Crippen LogP contribution in [0.15, 0.2) is 24.3 Å². The molecule has 1 atom stereocenters. The van der Waals surface area contributed by atoms with Gasteiger partial charge in [0.25, 0.3) is 0 Å². The minimum absolute atomic E-state index is 0.0675. The molecule has 0 amide bonds. The summed E-state index contributed by atoms with van der Waals surface area (Å²) >= 11 is 0. The van der Waals surface area contributed by atoms with Gasteiger partial charge in [0.1, 0.15) is 0 Å². The molecule has 0 spiro atoms. The zero-order valence-corrected chi connectivity index (χ0v) is 9.67. The van der Waals surface area contributed by atoms with Crippen LogP contribution in [0, 0.1) is 11.3 Å². The molecule has 17 heavy (non-hydrogen) atoms. The molecule has 1 saturated heterocycles. The van der Waals surface area contributed by atoms with Crippen molar-refractivity contribution in [2.45, 2.75) is 12.6 Å². The number of hydrogen-bond acceptors (Lipinski definition) is 4. The second-order valence-electron chi connectivity index (χ2n) is 4.22. The monoisotopic (exact) mass is 232 g/mol. The number of aliphatic hydroxyl groups excluding tert-OH is 1. The maximum atomic E-state index is 9.06. The van der Waals surface area contributed by atoms with Gasteiger partial charge in [-0.25, -0.2) is 0 Å². The third-order valence-electron chi connectivity index (χ3n) is 2.92.